The first-order chi connectivity index (χ1) is 6.62. The summed E-state index contributed by atoms with van der Waals surface area (Å²) in [5, 5.41) is 9.75. The van der Waals surface area contributed by atoms with Gasteiger partial charge in [0.2, 0.25) is 0 Å². The van der Waals surface area contributed by atoms with Gasteiger partial charge in [0.25, 0.3) is 0 Å². The normalized spacial score (nSPS) is 16.5. The van der Waals surface area contributed by atoms with E-state index >= 15 is 0 Å². The fraction of sp³-hybridized carbons (Fsp3) is 0.400. The number of halogens is 1. The zero-order valence-electron chi connectivity index (χ0n) is 10.1. The number of rotatable bonds is 1. The highest BCUT2D eigenvalue weighted by atomic mass is 79.9. The largest absolute Gasteiger partial charge is 0.386 e. The van der Waals surface area contributed by atoms with Crippen LogP contribution in [0.5, 0.6) is 0 Å². The van der Waals surface area contributed by atoms with Crippen LogP contribution >= 0.6 is 15.9 Å². The van der Waals surface area contributed by atoms with E-state index in [1.54, 1.807) is 26.0 Å². The summed E-state index contributed by atoms with van der Waals surface area (Å²) in [5.41, 5.74) is -0.0200. The van der Waals surface area contributed by atoms with Crippen molar-refractivity contribution in [1.29, 1.82) is 0 Å². The Labute approximate surface area is 85.8 Å². The molecule has 1 aromatic rings. The predicted molar refractivity (Wildman–Crippen MR) is 54.1 cm³/mol. The maximum Gasteiger partial charge on any atom is 0.0840 e. The molecule has 1 aromatic carbocycles. The van der Waals surface area contributed by atoms with Gasteiger partial charge in [-0.25, -0.2) is 0 Å². The van der Waals surface area contributed by atoms with Crippen LogP contribution in [0, 0.1) is 6.85 Å². The third kappa shape index (κ3) is 2.08. The van der Waals surface area contributed by atoms with Gasteiger partial charge < -0.3 is 5.11 Å². The number of hydrogen-bond acceptors (Lipinski definition) is 1. The molecule has 1 N–H and O–H groups in total. The van der Waals surface area contributed by atoms with E-state index in [0.717, 1.165) is 0 Å². The van der Waals surface area contributed by atoms with Crippen LogP contribution in [-0.2, 0) is 5.60 Å². The van der Waals surface area contributed by atoms with Gasteiger partial charge in [0.1, 0.15) is 0 Å². The summed E-state index contributed by atoms with van der Waals surface area (Å²) in [4.78, 5) is 0. The lowest BCUT2D eigenvalue weighted by Crippen LogP contribution is -2.15. The van der Waals surface area contributed by atoms with Gasteiger partial charge in [0.05, 0.1) is 5.60 Å². The van der Waals surface area contributed by atoms with Gasteiger partial charge in [0.15, 0.2) is 0 Å². The second kappa shape index (κ2) is 3.19. The van der Waals surface area contributed by atoms with Crippen LogP contribution in [0.1, 0.15) is 29.1 Å². The van der Waals surface area contributed by atoms with Crippen molar-refractivity contribution in [3.05, 3.63) is 33.8 Å². The molecule has 0 amide bonds. The van der Waals surface area contributed by atoms with Crippen molar-refractivity contribution in [3.8, 4) is 0 Å². The molecule has 0 heterocycles. The molecule has 0 spiro atoms. The molecule has 0 saturated carbocycles. The first-order valence-electron chi connectivity index (χ1n) is 5.15. The zero-order chi connectivity index (χ0) is 11.9. The van der Waals surface area contributed by atoms with Crippen LogP contribution in [0.15, 0.2) is 22.7 Å². The van der Waals surface area contributed by atoms with E-state index in [4.69, 9.17) is 4.11 Å². The highest BCUT2D eigenvalue weighted by Gasteiger charge is 2.15. The molecule has 0 fully saturated rings. The molecule has 12 heavy (non-hydrogen) atoms. The number of aliphatic hydroxyl groups is 1. The Morgan fingerprint density at radius 2 is 2.17 bits per heavy atom. The minimum Gasteiger partial charge on any atom is -0.386 e. The Hall–Kier alpha value is -0.340. The quantitative estimate of drug-likeness (QED) is 0.789. The van der Waals surface area contributed by atoms with Crippen LogP contribution < -0.4 is 0 Å². The molecule has 1 rings (SSSR count). The highest BCUT2D eigenvalue weighted by molar-refractivity contribution is 9.10. The topological polar surface area (TPSA) is 20.2 Å². The van der Waals surface area contributed by atoms with Gasteiger partial charge in [-0.1, -0.05) is 28.1 Å². The van der Waals surface area contributed by atoms with Gasteiger partial charge in [0, 0.05) is 8.58 Å². The molecule has 66 valence electrons. The van der Waals surface area contributed by atoms with Crippen LogP contribution in [0.3, 0.4) is 0 Å². The highest BCUT2D eigenvalue weighted by Crippen LogP contribution is 2.25. The summed E-state index contributed by atoms with van der Waals surface area (Å²) in [6.45, 7) is 1.19. The number of hydrogen-bond donors (Lipinski definition) is 1. The summed E-state index contributed by atoms with van der Waals surface area (Å²) in [6, 6.07) is 4.79. The zero-order valence-corrected chi connectivity index (χ0v) is 8.64. The third-order valence-electron chi connectivity index (χ3n) is 1.68. The monoisotopic (exact) mass is 231 g/mol. The molecule has 0 aromatic heterocycles. The lowest BCUT2D eigenvalue weighted by atomic mass is 9.98. The summed E-state index contributed by atoms with van der Waals surface area (Å²) in [6.07, 6.45) is 0. The lowest BCUT2D eigenvalue weighted by molar-refractivity contribution is 0.0785. The maximum absolute atomic E-state index is 9.75. The van der Waals surface area contributed by atoms with Gasteiger partial charge >= 0.3 is 0 Å². The average molecular weight is 232 g/mol. The Morgan fingerprint density at radius 3 is 2.58 bits per heavy atom. The third-order valence-corrected chi connectivity index (χ3v) is 2.33. The van der Waals surface area contributed by atoms with E-state index in [1.165, 1.54) is 6.07 Å². The Kier molecular flexibility index (Phi) is 1.64. The molecule has 1 nitrogen and oxygen atoms in total. The summed E-state index contributed by atoms with van der Waals surface area (Å²) in [7, 11) is 0. The van der Waals surface area contributed by atoms with Gasteiger partial charge in [-0.15, -0.1) is 0 Å². The molecule has 0 saturated heterocycles. The smallest absolute Gasteiger partial charge is 0.0840 e. The van der Waals surface area contributed by atoms with E-state index in [9.17, 15) is 5.11 Å². The fourth-order valence-corrected chi connectivity index (χ4v) is 1.27. The summed E-state index contributed by atoms with van der Waals surface area (Å²) < 4.78 is 22.3. The van der Waals surface area contributed by atoms with Crippen molar-refractivity contribution in [2.24, 2.45) is 0 Å². The van der Waals surface area contributed by atoms with Crippen molar-refractivity contribution >= 4 is 15.9 Å². The molecular formula is C10H13BrO. The summed E-state index contributed by atoms with van der Waals surface area (Å²) >= 11 is 3.20. The van der Waals surface area contributed by atoms with Crippen molar-refractivity contribution < 1.29 is 9.22 Å². The van der Waals surface area contributed by atoms with E-state index in [2.05, 4.69) is 15.9 Å². The minimum atomic E-state index is -2.13. The van der Waals surface area contributed by atoms with Crippen molar-refractivity contribution in [3.63, 3.8) is 0 Å². The molecule has 0 aliphatic rings. The first-order valence-corrected chi connectivity index (χ1v) is 4.44. The van der Waals surface area contributed by atoms with Gasteiger partial charge in [-0.3, -0.25) is 0 Å². The molecule has 0 bridgehead atoms. The van der Waals surface area contributed by atoms with E-state index < -0.39 is 12.5 Å². The molecule has 2 heteroatoms. The van der Waals surface area contributed by atoms with Crippen molar-refractivity contribution in [1.82, 2.24) is 0 Å². The summed E-state index contributed by atoms with van der Waals surface area (Å²) in [5.74, 6) is 0. The maximum atomic E-state index is 9.75. The van der Waals surface area contributed by atoms with E-state index in [1.807, 2.05) is 0 Å². The van der Waals surface area contributed by atoms with Gasteiger partial charge in [-0.05, 0) is 37.9 Å². The van der Waals surface area contributed by atoms with E-state index in [-0.39, 0.29) is 5.56 Å². The van der Waals surface area contributed by atoms with Crippen LogP contribution in [-0.4, -0.2) is 5.11 Å². The molecule has 0 radical (unpaired) electrons. The second-order valence-corrected chi connectivity index (χ2v) is 4.11. The first kappa shape index (κ1) is 6.17. The standard InChI is InChI=1S/C10H13BrO/c1-7-4-5-8(6-9(7)11)10(2,3)12/h4-6,12H,1-3H3/i1D3. The average Bonchev–Trinajstić information content (AvgIpc) is 1.99. The van der Waals surface area contributed by atoms with Crippen LogP contribution in [0.4, 0.5) is 0 Å². The van der Waals surface area contributed by atoms with E-state index in [0.29, 0.717) is 10.0 Å². The Morgan fingerprint density at radius 1 is 1.50 bits per heavy atom. The number of aryl methyl sites for hydroxylation is 1. The van der Waals surface area contributed by atoms with Gasteiger partial charge in [-0.2, -0.15) is 0 Å². The van der Waals surface area contributed by atoms with Crippen LogP contribution in [0.2, 0.25) is 0 Å². The van der Waals surface area contributed by atoms with Crippen molar-refractivity contribution in [2.45, 2.75) is 26.3 Å². The Bertz CT molecular complexity index is 366. The number of benzene rings is 1. The predicted octanol–water partition coefficient (Wildman–Crippen LogP) is 2.98. The minimum absolute atomic E-state index is 0.260. The fourth-order valence-electron chi connectivity index (χ4n) is 0.896. The molecular weight excluding hydrogens is 216 g/mol. The van der Waals surface area contributed by atoms with Crippen molar-refractivity contribution in [2.75, 3.05) is 0 Å². The lowest BCUT2D eigenvalue weighted by Gasteiger charge is -2.18. The Balaban J connectivity index is 3.21. The molecule has 0 unspecified atom stereocenters. The second-order valence-electron chi connectivity index (χ2n) is 3.25. The molecule has 0 aliphatic carbocycles. The SMILES string of the molecule is [2H]C([2H])([2H])c1ccc(C(C)(C)O)cc1Br. The molecule has 0 aliphatic heterocycles. The molecule has 0 atom stereocenters. The van der Waals surface area contributed by atoms with Crippen LogP contribution in [0.25, 0.3) is 0 Å².